The van der Waals surface area contributed by atoms with Gasteiger partial charge in [0.1, 0.15) is 0 Å². The van der Waals surface area contributed by atoms with Crippen molar-refractivity contribution < 1.29 is 25.6 Å². The second-order valence-corrected chi connectivity index (χ2v) is 8.97. The first-order valence-electron chi connectivity index (χ1n) is 5.54. The maximum atomic E-state index is 13.3. The van der Waals surface area contributed by atoms with Gasteiger partial charge < -0.3 is 0 Å². The summed E-state index contributed by atoms with van der Waals surface area (Å²) >= 11 is 0. The lowest BCUT2D eigenvalue weighted by molar-refractivity contribution is 0.0172. The highest BCUT2D eigenvalue weighted by Crippen LogP contribution is 2.35. The number of halogens is 2. The molecular formula is C10H17F2NO4S2. The molecule has 1 rings (SSSR count). The fourth-order valence-corrected chi connectivity index (χ4v) is 3.44. The summed E-state index contributed by atoms with van der Waals surface area (Å²) in [6, 6.07) is -0.901. The van der Waals surface area contributed by atoms with Crippen LogP contribution in [0.25, 0.3) is 0 Å². The van der Waals surface area contributed by atoms with E-state index in [1.54, 1.807) is 0 Å². The molecular weight excluding hydrogens is 300 g/mol. The van der Waals surface area contributed by atoms with Gasteiger partial charge >= 0.3 is 0 Å². The minimum atomic E-state index is -3.73. The van der Waals surface area contributed by atoms with Gasteiger partial charge in [-0.1, -0.05) is 6.08 Å². The lowest BCUT2D eigenvalue weighted by atomic mass is 10.1. The largest absolute Gasteiger partial charge is 0.263 e. The quantitative estimate of drug-likeness (QED) is 0.775. The SMILES string of the molecule is CC(=CCC1CC(F)(F)CN1S(C)(=O)=O)S(C)(=O)=O. The van der Waals surface area contributed by atoms with Gasteiger partial charge in [0.2, 0.25) is 10.0 Å². The van der Waals surface area contributed by atoms with Crippen LogP contribution in [0.3, 0.4) is 0 Å². The topological polar surface area (TPSA) is 71.5 Å². The highest BCUT2D eigenvalue weighted by molar-refractivity contribution is 7.94. The number of hydrogen-bond acceptors (Lipinski definition) is 4. The zero-order chi connectivity index (χ0) is 15.1. The standard InChI is InChI=1S/C10H17F2NO4S2/c1-8(18(2,14)15)4-5-9-6-10(11,12)7-13(9)19(3,16)17/h4,9H,5-7H2,1-3H3. The Morgan fingerprint density at radius 3 is 2.26 bits per heavy atom. The van der Waals surface area contributed by atoms with Gasteiger partial charge in [0, 0.05) is 23.6 Å². The molecule has 1 aliphatic rings. The minimum absolute atomic E-state index is 0.0401. The molecule has 0 bridgehead atoms. The van der Waals surface area contributed by atoms with E-state index < -0.39 is 44.8 Å². The highest BCUT2D eigenvalue weighted by atomic mass is 32.2. The number of nitrogens with zero attached hydrogens (tertiary/aromatic N) is 1. The van der Waals surface area contributed by atoms with Crippen molar-refractivity contribution in [3.8, 4) is 0 Å². The monoisotopic (exact) mass is 317 g/mol. The Balaban J connectivity index is 2.94. The first-order valence-corrected chi connectivity index (χ1v) is 9.28. The van der Waals surface area contributed by atoms with Gasteiger partial charge in [-0.25, -0.2) is 25.6 Å². The number of rotatable bonds is 4. The van der Waals surface area contributed by atoms with Crippen LogP contribution < -0.4 is 0 Å². The fourth-order valence-electron chi connectivity index (χ4n) is 1.91. The normalized spacial score (nSPS) is 25.7. The van der Waals surface area contributed by atoms with Crippen LogP contribution in [0.1, 0.15) is 19.8 Å². The van der Waals surface area contributed by atoms with Crippen LogP contribution in [0.5, 0.6) is 0 Å². The molecule has 1 heterocycles. The van der Waals surface area contributed by atoms with Gasteiger partial charge in [0.25, 0.3) is 5.92 Å². The van der Waals surface area contributed by atoms with Crippen molar-refractivity contribution in [2.45, 2.75) is 31.7 Å². The number of hydrogen-bond donors (Lipinski definition) is 0. The Morgan fingerprint density at radius 1 is 1.32 bits per heavy atom. The number of allylic oxidation sites excluding steroid dienone is 1. The Bertz CT molecular complexity index is 581. The third-order valence-corrected chi connectivity index (χ3v) is 5.63. The van der Waals surface area contributed by atoms with Gasteiger partial charge in [0.15, 0.2) is 9.84 Å². The first-order chi connectivity index (χ1) is 8.33. The Morgan fingerprint density at radius 2 is 1.84 bits per heavy atom. The summed E-state index contributed by atoms with van der Waals surface area (Å²) in [6.07, 6.45) is 2.54. The Labute approximate surface area is 112 Å². The van der Waals surface area contributed by atoms with E-state index in [2.05, 4.69) is 0 Å². The highest BCUT2D eigenvalue weighted by Gasteiger charge is 2.48. The molecule has 112 valence electrons. The average Bonchev–Trinajstić information content (AvgIpc) is 2.48. The molecule has 0 saturated carbocycles. The zero-order valence-electron chi connectivity index (χ0n) is 10.9. The van der Waals surface area contributed by atoms with Gasteiger partial charge in [0.05, 0.1) is 12.8 Å². The summed E-state index contributed by atoms with van der Waals surface area (Å²) in [6.45, 7) is 0.509. The maximum absolute atomic E-state index is 13.3. The summed E-state index contributed by atoms with van der Waals surface area (Å²) in [4.78, 5) is 0.0520. The minimum Gasteiger partial charge on any atom is -0.224 e. The molecule has 1 saturated heterocycles. The molecule has 9 heteroatoms. The maximum Gasteiger partial charge on any atom is 0.263 e. The lowest BCUT2D eigenvalue weighted by Gasteiger charge is -2.19. The van der Waals surface area contributed by atoms with Crippen LogP contribution in [0.15, 0.2) is 11.0 Å². The summed E-state index contributed by atoms with van der Waals surface area (Å²) in [5.41, 5.74) is 0. The molecule has 0 spiro atoms. The molecule has 0 aromatic heterocycles. The predicted octanol–water partition coefficient (Wildman–Crippen LogP) is 0.994. The second kappa shape index (κ2) is 5.10. The Hall–Kier alpha value is -0.540. The van der Waals surface area contributed by atoms with Gasteiger partial charge in [-0.05, 0) is 13.3 Å². The molecule has 0 N–H and O–H groups in total. The van der Waals surface area contributed by atoms with Gasteiger partial charge in [-0.2, -0.15) is 4.31 Å². The van der Waals surface area contributed by atoms with Crippen molar-refractivity contribution in [1.29, 1.82) is 0 Å². The van der Waals surface area contributed by atoms with Crippen molar-refractivity contribution in [2.24, 2.45) is 0 Å². The van der Waals surface area contributed by atoms with E-state index in [1.165, 1.54) is 13.0 Å². The van der Waals surface area contributed by atoms with E-state index in [1.807, 2.05) is 0 Å². The third kappa shape index (κ3) is 4.50. The molecule has 1 unspecified atom stereocenters. The van der Waals surface area contributed by atoms with E-state index in [0.717, 1.165) is 16.8 Å². The van der Waals surface area contributed by atoms with Crippen LogP contribution in [-0.4, -0.2) is 52.2 Å². The number of sulfone groups is 1. The van der Waals surface area contributed by atoms with Crippen LogP contribution in [-0.2, 0) is 19.9 Å². The van der Waals surface area contributed by atoms with Crippen molar-refractivity contribution >= 4 is 19.9 Å². The van der Waals surface area contributed by atoms with Crippen LogP contribution in [0.2, 0.25) is 0 Å². The molecule has 5 nitrogen and oxygen atoms in total. The fraction of sp³-hybridized carbons (Fsp3) is 0.800. The number of alkyl halides is 2. The van der Waals surface area contributed by atoms with Crippen LogP contribution in [0, 0.1) is 0 Å². The van der Waals surface area contributed by atoms with Gasteiger partial charge in [-0.3, -0.25) is 0 Å². The molecule has 1 atom stereocenters. The van der Waals surface area contributed by atoms with E-state index in [-0.39, 0.29) is 11.3 Å². The third-order valence-electron chi connectivity index (χ3n) is 3.02. The molecule has 0 amide bonds. The first kappa shape index (κ1) is 16.5. The van der Waals surface area contributed by atoms with Crippen LogP contribution >= 0.6 is 0 Å². The van der Waals surface area contributed by atoms with Gasteiger partial charge in [-0.15, -0.1) is 0 Å². The van der Waals surface area contributed by atoms with Crippen LogP contribution in [0.4, 0.5) is 8.78 Å². The van der Waals surface area contributed by atoms with E-state index in [0.29, 0.717) is 0 Å². The molecule has 0 aliphatic carbocycles. The summed E-state index contributed by atoms with van der Waals surface area (Å²) < 4.78 is 72.6. The van der Waals surface area contributed by atoms with Crippen molar-refractivity contribution in [3.05, 3.63) is 11.0 Å². The van der Waals surface area contributed by atoms with E-state index in [4.69, 9.17) is 0 Å². The molecule has 19 heavy (non-hydrogen) atoms. The summed E-state index contributed by atoms with van der Waals surface area (Å²) in [5, 5.41) is 0. The zero-order valence-corrected chi connectivity index (χ0v) is 12.6. The molecule has 1 fully saturated rings. The molecule has 0 aromatic rings. The van der Waals surface area contributed by atoms with E-state index in [9.17, 15) is 25.6 Å². The molecule has 0 radical (unpaired) electrons. The molecule has 0 aromatic carbocycles. The van der Waals surface area contributed by atoms with Crippen molar-refractivity contribution in [1.82, 2.24) is 4.31 Å². The predicted molar refractivity (Wildman–Crippen MR) is 68.1 cm³/mol. The second-order valence-electron chi connectivity index (χ2n) is 4.84. The number of sulfonamides is 1. The van der Waals surface area contributed by atoms with E-state index >= 15 is 0 Å². The summed E-state index contributed by atoms with van der Waals surface area (Å²) in [5.74, 6) is -3.07. The Kier molecular flexibility index (Phi) is 4.43. The molecule has 1 aliphatic heterocycles. The summed E-state index contributed by atoms with van der Waals surface area (Å²) in [7, 11) is -7.10. The van der Waals surface area contributed by atoms with Crippen molar-refractivity contribution in [3.63, 3.8) is 0 Å². The van der Waals surface area contributed by atoms with Crippen molar-refractivity contribution in [2.75, 3.05) is 19.1 Å². The lowest BCUT2D eigenvalue weighted by Crippen LogP contribution is -2.35. The smallest absolute Gasteiger partial charge is 0.224 e. The average molecular weight is 317 g/mol.